The second-order valence-electron chi connectivity index (χ2n) is 6.13. The number of benzene rings is 1. The topological polar surface area (TPSA) is 92.8 Å². The van der Waals surface area contributed by atoms with Gasteiger partial charge < -0.3 is 20.3 Å². The van der Waals surface area contributed by atoms with E-state index in [1.54, 1.807) is 0 Å². The number of aryl methyl sites for hydroxylation is 2. The molecule has 2 unspecified atom stereocenters. The molecule has 0 aromatic heterocycles. The predicted octanol–water partition coefficient (Wildman–Crippen LogP) is 4.04. The zero-order chi connectivity index (χ0) is 29.1. The molecule has 1 aromatic carbocycles. The minimum Gasteiger partial charge on any atom is -0.394 e. The molecular weight excluding hydrogens is 349 g/mol. The summed E-state index contributed by atoms with van der Waals surface area (Å²) in [5.41, 5.74) is 2.39. The molecule has 5 nitrogen and oxygen atoms in total. The molecule has 26 heavy (non-hydrogen) atoms. The quantitative estimate of drug-likeness (QED) is 0.326. The third-order valence-electron chi connectivity index (χ3n) is 3.55. The number of hydrogen-bond acceptors (Lipinski definition) is 4. The Morgan fingerprint density at radius 1 is 1.19 bits per heavy atom. The first-order valence-electron chi connectivity index (χ1n) is 14.0. The summed E-state index contributed by atoms with van der Waals surface area (Å²) in [6.07, 6.45) is -2.19. The number of unbranched alkanes of at least 4 members (excludes halogenated alkanes) is 4. The monoisotopic (exact) mass is 396 g/mol. The van der Waals surface area contributed by atoms with Crippen molar-refractivity contribution in [3.05, 3.63) is 35.4 Å². The van der Waals surface area contributed by atoms with Gasteiger partial charge in [-0.2, -0.15) is 0 Å². The van der Waals surface area contributed by atoms with Crippen molar-refractivity contribution in [2.45, 2.75) is 70.1 Å². The average molecular weight is 397 g/mol. The molecule has 6 heteroatoms. The molecule has 0 aliphatic heterocycles. The molecule has 1 aromatic rings. The van der Waals surface area contributed by atoms with Crippen LogP contribution in [0.15, 0.2) is 24.3 Å². The Hall–Kier alpha value is -0.710. The second-order valence-corrected chi connectivity index (χ2v) is 7.92. The summed E-state index contributed by atoms with van der Waals surface area (Å²) in [5.74, 6) is 0. The molecule has 0 radical (unpaired) electrons. The highest BCUT2D eigenvalue weighted by atomic mass is 31.2. The number of nitrogens with two attached hydrogens (primary N) is 1. The van der Waals surface area contributed by atoms with Crippen LogP contribution >= 0.6 is 7.60 Å². The van der Waals surface area contributed by atoms with Gasteiger partial charge in [-0.05, 0) is 36.7 Å². The molecule has 0 bridgehead atoms. The maximum Gasteiger partial charge on any atom is 0.325 e. The summed E-state index contributed by atoms with van der Waals surface area (Å²) in [4.78, 5) is 9.46. The Labute approximate surface area is 174 Å². The molecular formula is C20H36NO4P. The number of hydrogen-bond donors (Lipinski definition) is 3. The van der Waals surface area contributed by atoms with E-state index in [9.17, 15) is 14.6 Å². The van der Waals surface area contributed by atoms with Crippen molar-refractivity contribution in [1.82, 2.24) is 0 Å². The minimum absolute atomic E-state index is 0.178. The van der Waals surface area contributed by atoms with Crippen LogP contribution in [-0.2, 0) is 21.9 Å². The van der Waals surface area contributed by atoms with E-state index in [0.717, 1.165) is 31.2 Å². The van der Waals surface area contributed by atoms with Gasteiger partial charge in [0.1, 0.15) is 0 Å². The van der Waals surface area contributed by atoms with Gasteiger partial charge in [-0.1, -0.05) is 63.2 Å². The summed E-state index contributed by atoms with van der Waals surface area (Å²) >= 11 is 0. The molecule has 0 fully saturated rings. The highest BCUT2D eigenvalue weighted by molar-refractivity contribution is 7.51. The molecule has 0 heterocycles. The lowest BCUT2D eigenvalue weighted by molar-refractivity contribution is 0.119. The summed E-state index contributed by atoms with van der Waals surface area (Å²) in [5, 5.41) is 10.1. The fourth-order valence-electron chi connectivity index (χ4n) is 2.14. The lowest BCUT2D eigenvalue weighted by Gasteiger charge is -2.27. The van der Waals surface area contributed by atoms with Crippen molar-refractivity contribution in [3.8, 4) is 0 Å². The normalized spacial score (nSPS) is 25.2. The van der Waals surface area contributed by atoms with E-state index >= 15 is 0 Å². The van der Waals surface area contributed by atoms with Crippen molar-refractivity contribution in [2.75, 3.05) is 19.8 Å². The Balaban J connectivity index is 3.06. The smallest absolute Gasteiger partial charge is 0.325 e. The summed E-state index contributed by atoms with van der Waals surface area (Å²) in [7, 11) is -4.73. The van der Waals surface area contributed by atoms with Gasteiger partial charge in [-0.3, -0.25) is 4.57 Å². The van der Waals surface area contributed by atoms with E-state index < -0.39 is 45.9 Å². The Morgan fingerprint density at radius 2 is 1.81 bits per heavy atom. The van der Waals surface area contributed by atoms with Crippen molar-refractivity contribution in [2.24, 2.45) is 5.73 Å². The van der Waals surface area contributed by atoms with E-state index in [1.807, 2.05) is 0 Å². The number of aliphatic hydroxyl groups is 1. The largest absolute Gasteiger partial charge is 0.394 e. The molecule has 150 valence electrons. The minimum atomic E-state index is -4.73. The molecule has 1 rings (SSSR count). The third-order valence-corrected chi connectivity index (χ3v) is 3.98. The third kappa shape index (κ3) is 10.4. The van der Waals surface area contributed by atoms with E-state index in [4.69, 9.17) is 20.8 Å². The van der Waals surface area contributed by atoms with E-state index in [2.05, 4.69) is 4.52 Å². The zero-order valence-electron chi connectivity index (χ0n) is 26.0. The van der Waals surface area contributed by atoms with Crippen LogP contribution in [0.5, 0.6) is 0 Å². The van der Waals surface area contributed by atoms with Gasteiger partial charge in [0.15, 0.2) is 0 Å². The van der Waals surface area contributed by atoms with Crippen LogP contribution in [0.3, 0.4) is 0 Å². The van der Waals surface area contributed by atoms with Crippen LogP contribution in [0.25, 0.3) is 0 Å². The Kier molecular flexibility index (Phi) is 5.18. The van der Waals surface area contributed by atoms with Crippen molar-refractivity contribution >= 4 is 7.60 Å². The highest BCUT2D eigenvalue weighted by Crippen LogP contribution is 2.37. The van der Waals surface area contributed by atoms with Crippen LogP contribution in [0.4, 0.5) is 0 Å². The number of rotatable bonds is 14. The standard InChI is InChI=1S/C20H36NO4P/c1-3-4-5-6-7-8-9-18-10-12-19(13-11-18)14-15-20(21,16-22)17-25-26(2,23)24/h10-13,22H,3-9,14-17,21H2,1-2H3,(H,23,24)/i1D3,14D2,15D2,16D2,17D2. The highest BCUT2D eigenvalue weighted by Gasteiger charge is 2.27. The summed E-state index contributed by atoms with van der Waals surface area (Å²) in [6.45, 7) is -9.13. The Morgan fingerprint density at radius 3 is 2.42 bits per heavy atom. The maximum absolute atomic E-state index is 11.7. The molecule has 0 saturated heterocycles. The first kappa shape index (κ1) is 11.3. The zero-order valence-corrected chi connectivity index (χ0v) is 15.9. The lowest BCUT2D eigenvalue weighted by atomic mass is 9.93. The van der Waals surface area contributed by atoms with E-state index in [-0.39, 0.29) is 12.0 Å². The average Bonchev–Trinajstić information content (AvgIpc) is 2.69. The van der Waals surface area contributed by atoms with Crippen LogP contribution in [0.1, 0.15) is 78.0 Å². The molecule has 0 amide bonds. The van der Waals surface area contributed by atoms with Crippen molar-refractivity contribution in [3.63, 3.8) is 0 Å². The van der Waals surface area contributed by atoms with Gasteiger partial charge in [0.25, 0.3) is 0 Å². The van der Waals surface area contributed by atoms with Gasteiger partial charge >= 0.3 is 7.60 Å². The fourth-order valence-corrected chi connectivity index (χ4v) is 2.46. The molecule has 2 atom stereocenters. The van der Waals surface area contributed by atoms with Crippen LogP contribution in [0.2, 0.25) is 0 Å². The molecule has 4 N–H and O–H groups in total. The van der Waals surface area contributed by atoms with Crippen LogP contribution < -0.4 is 5.73 Å². The lowest BCUT2D eigenvalue weighted by Crippen LogP contribution is -2.48. The predicted molar refractivity (Wildman–Crippen MR) is 108 cm³/mol. The van der Waals surface area contributed by atoms with E-state index in [1.165, 1.54) is 24.3 Å². The van der Waals surface area contributed by atoms with Gasteiger partial charge in [-0.15, -0.1) is 0 Å². The molecule has 0 aliphatic carbocycles. The first-order chi connectivity index (χ1) is 16.4. The van der Waals surface area contributed by atoms with Crippen molar-refractivity contribution in [1.29, 1.82) is 0 Å². The second kappa shape index (κ2) is 11.9. The van der Waals surface area contributed by atoms with Gasteiger partial charge in [0, 0.05) is 16.3 Å². The molecule has 0 spiro atoms. The molecule has 0 aliphatic rings. The van der Waals surface area contributed by atoms with Gasteiger partial charge in [-0.25, -0.2) is 0 Å². The SMILES string of the molecule is [2H]C([2H])([2H])CCCCCCCc1ccc(C([2H])([2H])C([2H])([2H])C(N)(C([2H])([2H])O)C([2H])([2H])OP(C)(=O)O)cc1. The fraction of sp³-hybridized carbons (Fsp3) is 0.700. The summed E-state index contributed by atoms with van der Waals surface area (Å²) < 4.78 is 102. The molecule has 0 saturated carbocycles. The van der Waals surface area contributed by atoms with Crippen LogP contribution in [0, 0.1) is 0 Å². The summed E-state index contributed by atoms with van der Waals surface area (Å²) in [6, 6.07) is 5.54. The Bertz CT molecular complexity index is 930. The maximum atomic E-state index is 11.7. The van der Waals surface area contributed by atoms with Gasteiger partial charge in [0.05, 0.1) is 24.1 Å². The van der Waals surface area contributed by atoms with Crippen LogP contribution in [-0.4, -0.2) is 35.3 Å². The van der Waals surface area contributed by atoms with Gasteiger partial charge in [0.2, 0.25) is 0 Å². The van der Waals surface area contributed by atoms with E-state index in [0.29, 0.717) is 19.5 Å². The first-order valence-corrected chi connectivity index (χ1v) is 10.5. The van der Waals surface area contributed by atoms with Crippen molar-refractivity contribution < 1.29 is 34.2 Å².